The fraction of sp³-hybridized carbons (Fsp3) is 0.750. The predicted octanol–water partition coefficient (Wildman–Crippen LogP) is 3.43. The molecular weight excluding hydrogens is 430 g/mol. The van der Waals surface area contributed by atoms with Crippen LogP contribution in [0.4, 0.5) is 0 Å². The summed E-state index contributed by atoms with van der Waals surface area (Å²) in [6.45, 7) is 6.43. The quantitative estimate of drug-likeness (QED) is 0.505. The van der Waals surface area contributed by atoms with E-state index in [1.165, 1.54) is 0 Å². The number of carbonyl (C=O) groups is 2. The lowest BCUT2D eigenvalue weighted by atomic mass is 9.58. The van der Waals surface area contributed by atoms with Gasteiger partial charge in [0.25, 0.3) is 0 Å². The van der Waals surface area contributed by atoms with Crippen molar-refractivity contribution in [2.24, 2.45) is 23.7 Å². The maximum absolute atomic E-state index is 12.6. The zero-order valence-electron chi connectivity index (χ0n) is 19.4. The molecule has 5 aliphatic rings. The van der Waals surface area contributed by atoms with Crippen molar-refractivity contribution in [1.29, 1.82) is 0 Å². The van der Waals surface area contributed by atoms with Crippen LogP contribution in [-0.2, 0) is 40.1 Å². The number of carbonyl (C=O) groups excluding carboxylic acids is 2. The van der Waals surface area contributed by atoms with Gasteiger partial charge in [0.1, 0.15) is 5.76 Å². The van der Waals surface area contributed by atoms with Crippen molar-refractivity contribution in [3.63, 3.8) is 0 Å². The van der Waals surface area contributed by atoms with Crippen molar-refractivity contribution < 1.29 is 38.0 Å². The van der Waals surface area contributed by atoms with E-state index in [-0.39, 0.29) is 43.0 Å². The fourth-order valence-corrected chi connectivity index (χ4v) is 6.10. The molecule has 1 spiro atoms. The SMILES string of the molecule is C[C@H]1[C@H](OC(=O)CCC(=O)NCc2ccco2)O[C@H]2O[C@]3(C)CC[C@H]4[C@@H](C)CC[C@H]1[C@@]24OO3. The highest BCUT2D eigenvalue weighted by Crippen LogP contribution is 2.60. The lowest BCUT2D eigenvalue weighted by Crippen LogP contribution is -2.70. The van der Waals surface area contributed by atoms with E-state index in [2.05, 4.69) is 12.2 Å². The molecule has 4 saturated heterocycles. The van der Waals surface area contributed by atoms with E-state index in [1.54, 1.807) is 18.4 Å². The highest BCUT2D eigenvalue weighted by Gasteiger charge is 2.69. The topological polar surface area (TPSA) is 105 Å². The second-order valence-corrected chi connectivity index (χ2v) is 10.1. The number of furan rings is 1. The number of fused-ring (bicyclic) bond motifs is 2. The number of hydrogen-bond donors (Lipinski definition) is 1. The third-order valence-corrected chi connectivity index (χ3v) is 7.94. The molecule has 5 fully saturated rings. The van der Waals surface area contributed by atoms with Crippen molar-refractivity contribution in [1.82, 2.24) is 5.32 Å². The molecule has 5 heterocycles. The van der Waals surface area contributed by atoms with E-state index in [9.17, 15) is 9.59 Å². The number of amides is 1. The lowest BCUT2D eigenvalue weighted by Gasteiger charge is -2.59. The minimum atomic E-state index is -0.876. The van der Waals surface area contributed by atoms with Crippen LogP contribution in [0.15, 0.2) is 22.8 Å². The van der Waals surface area contributed by atoms with Gasteiger partial charge in [0.05, 0.1) is 19.2 Å². The summed E-state index contributed by atoms with van der Waals surface area (Å²) in [6, 6.07) is 3.53. The first kappa shape index (κ1) is 22.8. The highest BCUT2D eigenvalue weighted by molar-refractivity contribution is 5.81. The van der Waals surface area contributed by atoms with E-state index < -0.39 is 29.9 Å². The summed E-state index contributed by atoms with van der Waals surface area (Å²) in [6.07, 6.45) is 3.78. The molecule has 0 unspecified atom stereocenters. The van der Waals surface area contributed by atoms with Crippen molar-refractivity contribution in [3.05, 3.63) is 24.2 Å². The largest absolute Gasteiger partial charge is 0.467 e. The summed E-state index contributed by atoms with van der Waals surface area (Å²) in [5, 5.41) is 2.73. The molecular formula is C24H33NO8. The van der Waals surface area contributed by atoms with Gasteiger partial charge in [0.2, 0.25) is 18.0 Å². The van der Waals surface area contributed by atoms with E-state index in [1.807, 2.05) is 13.8 Å². The van der Waals surface area contributed by atoms with E-state index in [0.717, 1.165) is 25.7 Å². The maximum Gasteiger partial charge on any atom is 0.308 e. The Kier molecular flexibility index (Phi) is 6.01. The Morgan fingerprint density at radius 3 is 2.79 bits per heavy atom. The van der Waals surface area contributed by atoms with E-state index >= 15 is 0 Å². The van der Waals surface area contributed by atoms with Gasteiger partial charge < -0.3 is 23.9 Å². The van der Waals surface area contributed by atoms with Crippen molar-refractivity contribution >= 4 is 11.9 Å². The molecule has 33 heavy (non-hydrogen) atoms. The Balaban J connectivity index is 1.22. The zero-order chi connectivity index (χ0) is 23.2. The summed E-state index contributed by atoms with van der Waals surface area (Å²) in [5.74, 6) is -0.239. The first-order valence-electron chi connectivity index (χ1n) is 12.0. The molecule has 1 N–H and O–H groups in total. The van der Waals surface area contributed by atoms with Gasteiger partial charge in [-0.15, -0.1) is 0 Å². The van der Waals surface area contributed by atoms with Crippen molar-refractivity contribution in [2.45, 2.75) is 89.8 Å². The van der Waals surface area contributed by atoms with E-state index in [4.69, 9.17) is 28.4 Å². The molecule has 1 aliphatic carbocycles. The minimum Gasteiger partial charge on any atom is -0.467 e. The zero-order valence-corrected chi connectivity index (χ0v) is 19.4. The monoisotopic (exact) mass is 463 g/mol. The van der Waals surface area contributed by atoms with Gasteiger partial charge in [-0.2, -0.15) is 0 Å². The summed E-state index contributed by atoms with van der Waals surface area (Å²) in [4.78, 5) is 36.5. The molecule has 0 radical (unpaired) electrons. The Hall–Kier alpha value is -1.94. The first-order chi connectivity index (χ1) is 15.8. The predicted molar refractivity (Wildman–Crippen MR) is 113 cm³/mol. The first-order valence-corrected chi connectivity index (χ1v) is 12.0. The molecule has 182 valence electrons. The number of esters is 1. The van der Waals surface area contributed by atoms with Gasteiger partial charge in [-0.1, -0.05) is 13.8 Å². The molecule has 2 bridgehead atoms. The van der Waals surface area contributed by atoms with Crippen LogP contribution < -0.4 is 5.32 Å². The average Bonchev–Trinajstić information content (AvgIpc) is 3.21. The second-order valence-electron chi connectivity index (χ2n) is 10.1. The molecule has 8 atom stereocenters. The number of nitrogens with one attached hydrogen (secondary N) is 1. The summed E-state index contributed by atoms with van der Waals surface area (Å²) >= 11 is 0. The standard InChI is InChI=1S/C24H33NO8/c1-14-6-7-18-15(2)21(29-20(27)9-8-19(26)25-13-16-5-4-12-28-16)30-22-24(18)17(14)10-11-23(3,31-22)32-33-24/h4-5,12,14-15,17-18,21-22H,6-11,13H2,1-3H3,(H,25,26)/t14-,15+,17-,18+,21+,22-,23-,24+/m0/s1. The lowest BCUT2D eigenvalue weighted by molar-refractivity contribution is -0.576. The van der Waals surface area contributed by atoms with Gasteiger partial charge in [0.15, 0.2) is 11.9 Å². The van der Waals surface area contributed by atoms with Gasteiger partial charge in [0, 0.05) is 24.7 Å². The number of rotatable bonds is 6. The molecule has 0 aromatic carbocycles. The van der Waals surface area contributed by atoms with Gasteiger partial charge in [-0.3, -0.25) is 9.59 Å². The molecule has 1 amide bonds. The average molecular weight is 464 g/mol. The molecule has 9 nitrogen and oxygen atoms in total. The van der Waals surface area contributed by atoms with E-state index in [0.29, 0.717) is 11.7 Å². The molecule has 1 aromatic rings. The van der Waals surface area contributed by atoms with Crippen LogP contribution in [0, 0.1) is 23.7 Å². The van der Waals surface area contributed by atoms with Crippen LogP contribution in [0.2, 0.25) is 0 Å². The van der Waals surface area contributed by atoms with Crippen LogP contribution in [0.3, 0.4) is 0 Å². The molecule has 4 aliphatic heterocycles. The molecule has 6 rings (SSSR count). The number of ether oxygens (including phenoxy) is 3. The highest BCUT2D eigenvalue weighted by atomic mass is 17.3. The summed E-state index contributed by atoms with van der Waals surface area (Å²) < 4.78 is 23.4. The smallest absolute Gasteiger partial charge is 0.308 e. The Labute approximate surface area is 193 Å². The normalized spacial score (nSPS) is 41.7. The van der Waals surface area contributed by atoms with Crippen LogP contribution in [0.5, 0.6) is 0 Å². The summed E-state index contributed by atoms with van der Waals surface area (Å²) in [5.41, 5.74) is -0.693. The van der Waals surface area contributed by atoms with Crippen molar-refractivity contribution in [3.8, 4) is 0 Å². The van der Waals surface area contributed by atoms with Crippen LogP contribution in [0.1, 0.15) is 65.1 Å². The van der Waals surface area contributed by atoms with Crippen molar-refractivity contribution in [2.75, 3.05) is 0 Å². The molecule has 1 aromatic heterocycles. The summed E-state index contributed by atoms with van der Waals surface area (Å²) in [7, 11) is 0. The van der Waals surface area contributed by atoms with Gasteiger partial charge >= 0.3 is 5.97 Å². The second kappa shape index (κ2) is 8.69. The Morgan fingerprint density at radius 1 is 1.15 bits per heavy atom. The fourth-order valence-electron chi connectivity index (χ4n) is 6.10. The Bertz CT molecular complexity index is 874. The Morgan fingerprint density at radius 2 is 2.00 bits per heavy atom. The molecule has 1 saturated carbocycles. The van der Waals surface area contributed by atoms with Crippen LogP contribution in [0.25, 0.3) is 0 Å². The third-order valence-electron chi connectivity index (χ3n) is 7.94. The van der Waals surface area contributed by atoms with Gasteiger partial charge in [-0.25, -0.2) is 9.78 Å². The van der Waals surface area contributed by atoms with Crippen LogP contribution in [-0.4, -0.2) is 35.8 Å². The van der Waals surface area contributed by atoms with Crippen LogP contribution >= 0.6 is 0 Å². The molecule has 9 heteroatoms. The number of hydrogen-bond acceptors (Lipinski definition) is 8. The van der Waals surface area contributed by atoms with Gasteiger partial charge in [-0.05, 0) is 50.2 Å². The third kappa shape index (κ3) is 4.09. The maximum atomic E-state index is 12.6. The minimum absolute atomic E-state index is 0.0303.